The molecule has 34 heavy (non-hydrogen) atoms. The van der Waals surface area contributed by atoms with Gasteiger partial charge in [-0.1, -0.05) is 24.3 Å². The van der Waals surface area contributed by atoms with E-state index in [9.17, 15) is 22.4 Å². The lowest BCUT2D eigenvalue weighted by Crippen LogP contribution is -2.54. The van der Waals surface area contributed by atoms with Gasteiger partial charge in [-0.15, -0.1) is 13.2 Å². The van der Waals surface area contributed by atoms with E-state index in [2.05, 4.69) is 23.5 Å². The van der Waals surface area contributed by atoms with Crippen LogP contribution in [0.3, 0.4) is 0 Å². The van der Waals surface area contributed by atoms with E-state index in [4.69, 9.17) is 4.74 Å². The second-order valence-electron chi connectivity index (χ2n) is 9.23. The van der Waals surface area contributed by atoms with Gasteiger partial charge in [0.15, 0.2) is 0 Å². The first kappa shape index (κ1) is 24.3. The number of hydrogen-bond donors (Lipinski definition) is 0. The van der Waals surface area contributed by atoms with Crippen molar-refractivity contribution in [3.63, 3.8) is 0 Å². The molecule has 4 rings (SSSR count). The van der Waals surface area contributed by atoms with Crippen LogP contribution < -0.4 is 4.74 Å². The van der Waals surface area contributed by atoms with Crippen molar-refractivity contribution in [1.29, 1.82) is 0 Å². The van der Waals surface area contributed by atoms with Crippen LogP contribution in [0.4, 0.5) is 22.4 Å². The Balaban J connectivity index is 1.57. The van der Waals surface area contributed by atoms with E-state index in [0.29, 0.717) is 30.9 Å². The number of hydrogen-bond acceptors (Lipinski definition) is 4. The lowest BCUT2D eigenvalue weighted by molar-refractivity contribution is -0.274. The van der Waals surface area contributed by atoms with Gasteiger partial charge < -0.3 is 14.4 Å². The molecule has 0 N–H and O–H groups in total. The third-order valence-corrected chi connectivity index (χ3v) is 6.74. The molecule has 0 bridgehead atoms. The molecule has 1 atom stereocenters. The van der Waals surface area contributed by atoms with E-state index in [0.717, 1.165) is 18.7 Å². The fraction of sp³-hybridized carbons (Fsp3) is 0.480. The van der Waals surface area contributed by atoms with Crippen molar-refractivity contribution in [2.24, 2.45) is 0 Å². The average molecular weight is 481 g/mol. The molecule has 2 heterocycles. The second kappa shape index (κ2) is 9.44. The molecular weight excluding hydrogens is 452 g/mol. The Hall–Kier alpha value is -2.81. The van der Waals surface area contributed by atoms with Crippen molar-refractivity contribution >= 4 is 6.09 Å². The van der Waals surface area contributed by atoms with Crippen LogP contribution in [0.5, 0.6) is 5.75 Å². The van der Waals surface area contributed by atoms with E-state index < -0.39 is 18.1 Å². The fourth-order valence-corrected chi connectivity index (χ4v) is 4.87. The number of nitrogens with zero attached hydrogens (tertiary/aromatic N) is 2. The molecule has 0 aromatic heterocycles. The topological polar surface area (TPSA) is 42.0 Å². The van der Waals surface area contributed by atoms with Crippen LogP contribution in [0.25, 0.3) is 0 Å². The number of likely N-dealkylation sites (tertiary alicyclic amines) is 1. The first-order valence-corrected chi connectivity index (χ1v) is 11.4. The van der Waals surface area contributed by atoms with Crippen molar-refractivity contribution in [2.75, 3.05) is 13.1 Å². The summed E-state index contributed by atoms with van der Waals surface area (Å²) in [5.41, 5.74) is 0.873. The molecule has 2 aromatic carbocycles. The number of rotatable bonds is 6. The molecule has 9 heteroatoms. The minimum atomic E-state index is -4.77. The van der Waals surface area contributed by atoms with Crippen LogP contribution in [-0.4, -0.2) is 53.0 Å². The molecule has 2 aliphatic heterocycles. The highest BCUT2D eigenvalue weighted by atomic mass is 19.4. The zero-order valence-electron chi connectivity index (χ0n) is 19.1. The maximum absolute atomic E-state index is 13.5. The van der Waals surface area contributed by atoms with Gasteiger partial charge in [0.25, 0.3) is 0 Å². The van der Waals surface area contributed by atoms with Gasteiger partial charge in [-0.05, 0) is 55.7 Å². The maximum Gasteiger partial charge on any atom is 0.573 e. The lowest BCUT2D eigenvalue weighted by Gasteiger charge is -2.43. The van der Waals surface area contributed by atoms with Crippen molar-refractivity contribution in [3.8, 4) is 5.75 Å². The summed E-state index contributed by atoms with van der Waals surface area (Å²) in [4.78, 5) is 17.0. The monoisotopic (exact) mass is 480 g/mol. The number of carbonyl (C=O) groups is 1. The Morgan fingerprint density at radius 1 is 1.03 bits per heavy atom. The normalized spacial score (nSPS) is 20.7. The van der Waals surface area contributed by atoms with Gasteiger partial charge in [0, 0.05) is 38.5 Å². The van der Waals surface area contributed by atoms with Crippen LogP contribution in [-0.2, 0) is 17.7 Å². The van der Waals surface area contributed by atoms with Gasteiger partial charge in [-0.25, -0.2) is 9.18 Å². The number of halogens is 4. The smallest absolute Gasteiger partial charge is 0.440 e. The first-order chi connectivity index (χ1) is 16.0. The predicted octanol–water partition coefficient (Wildman–Crippen LogP) is 5.53. The van der Waals surface area contributed by atoms with E-state index in [1.54, 1.807) is 17.0 Å². The van der Waals surface area contributed by atoms with Crippen LogP contribution >= 0.6 is 0 Å². The largest absolute Gasteiger partial charge is 0.573 e. The number of benzene rings is 2. The summed E-state index contributed by atoms with van der Waals surface area (Å²) in [6, 6.07) is 11.8. The summed E-state index contributed by atoms with van der Waals surface area (Å²) < 4.78 is 60.8. The highest BCUT2D eigenvalue weighted by molar-refractivity contribution is 5.72. The van der Waals surface area contributed by atoms with Crippen molar-refractivity contribution in [1.82, 2.24) is 9.80 Å². The molecule has 1 spiro atoms. The van der Waals surface area contributed by atoms with Crippen LogP contribution in [0.15, 0.2) is 48.5 Å². The van der Waals surface area contributed by atoms with Gasteiger partial charge in [0.1, 0.15) is 17.2 Å². The molecule has 0 radical (unpaired) electrons. The van der Waals surface area contributed by atoms with Gasteiger partial charge in [0.05, 0.1) is 6.04 Å². The Morgan fingerprint density at radius 2 is 1.62 bits per heavy atom. The minimum Gasteiger partial charge on any atom is -0.440 e. The molecule has 0 aliphatic carbocycles. The quantitative estimate of drug-likeness (QED) is 0.510. The number of carbonyl (C=O) groups excluding carboxylic acids is 1. The Morgan fingerprint density at radius 3 is 2.18 bits per heavy atom. The molecule has 1 amide bonds. The average Bonchev–Trinajstić information content (AvgIpc) is 3.00. The third kappa shape index (κ3) is 5.46. The molecule has 184 valence electrons. The Bertz CT molecular complexity index is 985. The zero-order chi connectivity index (χ0) is 24.5. The number of amides is 1. The van der Waals surface area contributed by atoms with Gasteiger partial charge in [0.2, 0.25) is 0 Å². The van der Waals surface area contributed by atoms with Crippen molar-refractivity contribution in [2.45, 2.75) is 63.7 Å². The fourth-order valence-electron chi connectivity index (χ4n) is 4.87. The van der Waals surface area contributed by atoms with E-state index in [-0.39, 0.29) is 24.2 Å². The second-order valence-corrected chi connectivity index (χ2v) is 9.23. The highest BCUT2D eigenvalue weighted by Gasteiger charge is 2.54. The van der Waals surface area contributed by atoms with Crippen molar-refractivity contribution < 1.29 is 31.8 Å². The predicted molar refractivity (Wildman–Crippen MR) is 118 cm³/mol. The standard InChI is InChI=1S/C25H28F4N2O3/c1-17(2)30-13-11-24(12-14-30)22(15-18-3-7-20(26)8-4-18)31(23(32)34-24)16-19-5-9-21(10-6-19)33-25(27,28)29/h3-10,17,22H,11-16H2,1-2H3. The van der Waals surface area contributed by atoms with Gasteiger partial charge in [-0.2, -0.15) is 0 Å². The molecule has 2 aliphatic rings. The summed E-state index contributed by atoms with van der Waals surface area (Å²) in [6.45, 7) is 6.04. The molecular formula is C25H28F4N2O3. The van der Waals surface area contributed by atoms with Crippen LogP contribution in [0.2, 0.25) is 0 Å². The summed E-state index contributed by atoms with van der Waals surface area (Å²) in [6.07, 6.45) is -3.36. The summed E-state index contributed by atoms with van der Waals surface area (Å²) in [5, 5.41) is 0. The highest BCUT2D eigenvalue weighted by Crippen LogP contribution is 2.41. The van der Waals surface area contributed by atoms with Gasteiger partial charge >= 0.3 is 12.5 Å². The number of alkyl halides is 3. The number of ether oxygens (including phenoxy) is 2. The van der Waals surface area contributed by atoms with E-state index >= 15 is 0 Å². The lowest BCUT2D eigenvalue weighted by atomic mass is 9.80. The van der Waals surface area contributed by atoms with Crippen LogP contribution in [0.1, 0.15) is 37.8 Å². The molecule has 2 saturated heterocycles. The van der Waals surface area contributed by atoms with E-state index in [1.165, 1.54) is 36.4 Å². The van der Waals surface area contributed by atoms with Crippen molar-refractivity contribution in [3.05, 3.63) is 65.5 Å². The molecule has 5 nitrogen and oxygen atoms in total. The molecule has 0 saturated carbocycles. The van der Waals surface area contributed by atoms with Gasteiger partial charge in [-0.3, -0.25) is 4.90 Å². The number of piperidine rings is 1. The maximum atomic E-state index is 13.5. The summed E-state index contributed by atoms with van der Waals surface area (Å²) >= 11 is 0. The van der Waals surface area contributed by atoms with Crippen LogP contribution in [0, 0.1) is 5.82 Å². The Labute approximate surface area is 196 Å². The zero-order valence-corrected chi connectivity index (χ0v) is 19.1. The third-order valence-electron chi connectivity index (χ3n) is 6.74. The summed E-state index contributed by atoms with van der Waals surface area (Å²) in [5.74, 6) is -0.652. The molecule has 1 unspecified atom stereocenters. The first-order valence-electron chi connectivity index (χ1n) is 11.4. The molecule has 2 fully saturated rings. The van der Waals surface area contributed by atoms with E-state index in [1.807, 2.05) is 0 Å². The summed E-state index contributed by atoms with van der Waals surface area (Å²) in [7, 11) is 0. The SMILES string of the molecule is CC(C)N1CCC2(CC1)OC(=O)N(Cc1ccc(OC(F)(F)F)cc1)C2Cc1ccc(F)cc1. The Kier molecular flexibility index (Phi) is 6.75. The molecule has 2 aromatic rings. The minimum absolute atomic E-state index is 0.187.